The van der Waals surface area contributed by atoms with Gasteiger partial charge in [0.2, 0.25) is 11.8 Å². The first kappa shape index (κ1) is 27.5. The first-order valence-electron chi connectivity index (χ1n) is 12.8. The van der Waals surface area contributed by atoms with Gasteiger partial charge in [-0.25, -0.2) is 0 Å². The van der Waals surface area contributed by atoms with Gasteiger partial charge in [0, 0.05) is 19.0 Å². The Morgan fingerprint density at radius 3 is 2.47 bits per heavy atom. The van der Waals surface area contributed by atoms with Crippen LogP contribution in [0.25, 0.3) is 0 Å². The fourth-order valence-corrected chi connectivity index (χ4v) is 5.75. The monoisotopic (exact) mass is 536 g/mol. The van der Waals surface area contributed by atoms with E-state index in [0.717, 1.165) is 44.2 Å². The van der Waals surface area contributed by atoms with Crippen LogP contribution in [0.5, 0.6) is 11.5 Å². The molecule has 3 aliphatic rings. The molecule has 9 nitrogen and oxygen atoms in total. The van der Waals surface area contributed by atoms with Gasteiger partial charge in [-0.1, -0.05) is 19.3 Å². The molecule has 206 valence electrons. The van der Waals surface area contributed by atoms with Gasteiger partial charge in [0.05, 0.1) is 6.07 Å². The Bertz CT molecular complexity index is 1070. The van der Waals surface area contributed by atoms with Crippen molar-refractivity contribution in [2.75, 3.05) is 19.7 Å². The number of amides is 3. The van der Waals surface area contributed by atoms with Crippen molar-refractivity contribution in [2.24, 2.45) is 11.3 Å². The lowest BCUT2D eigenvalue weighted by Gasteiger charge is -2.33. The number of nitrogens with zero attached hydrogens (tertiary/aromatic N) is 2. The second-order valence-electron chi connectivity index (χ2n) is 10.3. The predicted molar refractivity (Wildman–Crippen MR) is 128 cm³/mol. The summed E-state index contributed by atoms with van der Waals surface area (Å²) in [7, 11) is 0. The van der Waals surface area contributed by atoms with E-state index in [2.05, 4.69) is 21.4 Å². The van der Waals surface area contributed by atoms with E-state index in [1.165, 1.54) is 17.0 Å². The molecule has 1 aliphatic carbocycles. The highest BCUT2D eigenvalue weighted by atomic mass is 19.4. The molecular formula is C26H31F3N4O5. The molecular weight excluding hydrogens is 505 g/mol. The molecule has 4 rings (SSSR count). The van der Waals surface area contributed by atoms with Crippen LogP contribution in [0, 0.1) is 22.7 Å². The average Bonchev–Trinajstić information content (AvgIpc) is 3.45. The summed E-state index contributed by atoms with van der Waals surface area (Å²) in [5.74, 6) is -1.55. The van der Waals surface area contributed by atoms with Gasteiger partial charge in [0.1, 0.15) is 23.6 Å². The standard InChI is InChI=1S/C26H31F3N4O5/c27-26(28,29)38-20-6-4-19(5-7-20)37-15-22(34)33-16-25(9-2-1-3-10-25)13-21(33)24(36)32-18(14-30)12-17-8-11-31-23(17)35/h4-7,17-18,21H,1-3,8-13,15-16H2,(H,31,35)(H,32,36)/t17-,18-,21-/m0/s1. The molecule has 12 heteroatoms. The minimum Gasteiger partial charge on any atom is -0.484 e. The lowest BCUT2D eigenvalue weighted by Crippen LogP contribution is -2.50. The van der Waals surface area contributed by atoms with Crippen molar-refractivity contribution in [3.63, 3.8) is 0 Å². The van der Waals surface area contributed by atoms with Gasteiger partial charge < -0.3 is 25.0 Å². The minimum atomic E-state index is -4.81. The van der Waals surface area contributed by atoms with Crippen molar-refractivity contribution in [2.45, 2.75) is 69.8 Å². The summed E-state index contributed by atoms with van der Waals surface area (Å²) in [6.07, 6.45) is 1.39. The number of ether oxygens (including phenoxy) is 2. The molecule has 1 spiro atoms. The summed E-state index contributed by atoms with van der Waals surface area (Å²) >= 11 is 0. The molecule has 38 heavy (non-hydrogen) atoms. The molecule has 2 saturated heterocycles. The molecule has 0 radical (unpaired) electrons. The van der Waals surface area contributed by atoms with E-state index in [-0.39, 0.29) is 29.4 Å². The van der Waals surface area contributed by atoms with Crippen molar-refractivity contribution in [1.29, 1.82) is 5.26 Å². The third-order valence-corrected chi connectivity index (χ3v) is 7.62. The van der Waals surface area contributed by atoms with Gasteiger partial charge in [0.25, 0.3) is 5.91 Å². The number of carbonyl (C=O) groups excluding carboxylic acids is 3. The molecule has 0 bridgehead atoms. The number of alkyl halides is 3. The Morgan fingerprint density at radius 2 is 1.87 bits per heavy atom. The fraction of sp³-hybridized carbons (Fsp3) is 0.615. The molecule has 0 aromatic heterocycles. The van der Waals surface area contributed by atoms with Crippen molar-refractivity contribution in [3.05, 3.63) is 24.3 Å². The summed E-state index contributed by atoms with van der Waals surface area (Å²) in [5, 5.41) is 15.1. The lowest BCUT2D eigenvalue weighted by molar-refractivity contribution is -0.274. The second kappa shape index (κ2) is 11.5. The van der Waals surface area contributed by atoms with Crippen molar-refractivity contribution in [1.82, 2.24) is 15.5 Å². The van der Waals surface area contributed by atoms with Gasteiger partial charge in [0.15, 0.2) is 6.61 Å². The van der Waals surface area contributed by atoms with Crippen molar-refractivity contribution < 1.29 is 37.0 Å². The average molecular weight is 537 g/mol. The quantitative estimate of drug-likeness (QED) is 0.527. The summed E-state index contributed by atoms with van der Waals surface area (Å²) in [4.78, 5) is 40.0. The Morgan fingerprint density at radius 1 is 1.18 bits per heavy atom. The molecule has 1 aromatic rings. The zero-order valence-electron chi connectivity index (χ0n) is 20.9. The number of likely N-dealkylation sites (tertiary alicyclic amines) is 1. The van der Waals surface area contributed by atoms with Crippen molar-refractivity contribution >= 4 is 17.7 Å². The predicted octanol–water partition coefficient (Wildman–Crippen LogP) is 3.05. The molecule has 1 aromatic carbocycles. The van der Waals surface area contributed by atoms with Crippen LogP contribution in [0.2, 0.25) is 0 Å². The number of benzene rings is 1. The van der Waals surface area contributed by atoms with E-state index >= 15 is 0 Å². The SMILES string of the molecule is N#C[C@H](C[C@@H]1CCNC1=O)NC(=O)[C@@H]1CC2(CCCCC2)CN1C(=O)COc1ccc(OC(F)(F)F)cc1. The van der Waals surface area contributed by atoms with E-state index < -0.39 is 42.6 Å². The highest BCUT2D eigenvalue weighted by molar-refractivity contribution is 5.89. The lowest BCUT2D eigenvalue weighted by atomic mass is 9.72. The first-order valence-corrected chi connectivity index (χ1v) is 12.8. The molecule has 3 atom stereocenters. The third kappa shape index (κ3) is 6.88. The second-order valence-corrected chi connectivity index (χ2v) is 10.3. The number of halogens is 3. The maximum atomic E-state index is 13.3. The van der Waals surface area contributed by atoms with Gasteiger partial charge in [-0.3, -0.25) is 14.4 Å². The van der Waals surface area contributed by atoms with E-state index in [4.69, 9.17) is 4.74 Å². The molecule has 1 saturated carbocycles. The minimum absolute atomic E-state index is 0.131. The summed E-state index contributed by atoms with van der Waals surface area (Å²) < 4.78 is 46.5. The maximum Gasteiger partial charge on any atom is 0.573 e. The number of rotatable bonds is 8. The molecule has 0 unspecified atom stereocenters. The highest BCUT2D eigenvalue weighted by Gasteiger charge is 2.49. The van der Waals surface area contributed by atoms with Gasteiger partial charge in [-0.15, -0.1) is 13.2 Å². The fourth-order valence-electron chi connectivity index (χ4n) is 5.75. The van der Waals surface area contributed by atoms with Crippen LogP contribution in [-0.2, 0) is 14.4 Å². The zero-order chi connectivity index (χ0) is 27.3. The highest BCUT2D eigenvalue weighted by Crippen LogP contribution is 2.46. The van der Waals surface area contributed by atoms with Crippen LogP contribution in [0.4, 0.5) is 13.2 Å². The smallest absolute Gasteiger partial charge is 0.484 e. The van der Waals surface area contributed by atoms with Crippen LogP contribution in [0.1, 0.15) is 51.4 Å². The summed E-state index contributed by atoms with van der Waals surface area (Å²) in [5.41, 5.74) is -0.181. The third-order valence-electron chi connectivity index (χ3n) is 7.62. The zero-order valence-corrected chi connectivity index (χ0v) is 20.9. The number of carbonyl (C=O) groups is 3. The maximum absolute atomic E-state index is 13.3. The normalized spacial score (nSPS) is 23.4. The number of nitrogens with one attached hydrogen (secondary N) is 2. The topological polar surface area (TPSA) is 121 Å². The van der Waals surface area contributed by atoms with Crippen molar-refractivity contribution in [3.8, 4) is 17.6 Å². The van der Waals surface area contributed by atoms with Crippen LogP contribution in [0.15, 0.2) is 24.3 Å². The van der Waals surface area contributed by atoms with Gasteiger partial charge in [-0.05, 0) is 61.8 Å². The molecule has 2 N–H and O–H groups in total. The van der Waals surface area contributed by atoms with Crippen LogP contribution in [0.3, 0.4) is 0 Å². The van der Waals surface area contributed by atoms with Crippen LogP contribution in [-0.4, -0.2) is 60.8 Å². The summed E-state index contributed by atoms with van der Waals surface area (Å²) in [6, 6.07) is 5.13. The number of nitriles is 1. The number of hydrogen-bond acceptors (Lipinski definition) is 6. The van der Waals surface area contributed by atoms with Crippen LogP contribution >= 0.6 is 0 Å². The van der Waals surface area contributed by atoms with Crippen LogP contribution < -0.4 is 20.1 Å². The van der Waals surface area contributed by atoms with E-state index in [1.807, 2.05) is 0 Å². The van der Waals surface area contributed by atoms with E-state index in [0.29, 0.717) is 25.9 Å². The molecule has 3 amide bonds. The van der Waals surface area contributed by atoms with E-state index in [1.54, 1.807) is 0 Å². The van der Waals surface area contributed by atoms with E-state index in [9.17, 15) is 32.8 Å². The van der Waals surface area contributed by atoms with Gasteiger partial charge in [-0.2, -0.15) is 5.26 Å². The Balaban J connectivity index is 1.40. The Labute approximate surface area is 218 Å². The Hall–Kier alpha value is -3.49. The first-order chi connectivity index (χ1) is 18.1. The largest absolute Gasteiger partial charge is 0.573 e. The van der Waals surface area contributed by atoms with Gasteiger partial charge >= 0.3 is 6.36 Å². The Kier molecular flexibility index (Phi) is 8.33. The molecule has 2 heterocycles. The molecule has 2 aliphatic heterocycles. The number of hydrogen-bond donors (Lipinski definition) is 2. The molecule has 3 fully saturated rings. The summed E-state index contributed by atoms with van der Waals surface area (Å²) in [6.45, 7) is 0.540.